The van der Waals surface area contributed by atoms with Crippen molar-refractivity contribution in [3.63, 3.8) is 0 Å². The fourth-order valence-electron chi connectivity index (χ4n) is 5.55. The smallest absolute Gasteiger partial charge is 0.124 e. The summed E-state index contributed by atoms with van der Waals surface area (Å²) in [5.41, 5.74) is 7.22. The second-order valence-electron chi connectivity index (χ2n) is 9.91. The third kappa shape index (κ3) is 5.35. The van der Waals surface area contributed by atoms with Crippen LogP contribution in [0, 0.1) is 0 Å². The first-order chi connectivity index (χ1) is 19.7. The molecule has 5 aromatic carbocycles. The van der Waals surface area contributed by atoms with Gasteiger partial charge in [0.15, 0.2) is 0 Å². The molecule has 1 aliphatic rings. The number of nitrogens with one attached hydrogen (secondary N) is 1. The lowest BCUT2D eigenvalue weighted by molar-refractivity contribution is 0.428. The number of phenolic OH excluding ortho intramolecular Hbond substituents is 1. The summed E-state index contributed by atoms with van der Waals surface area (Å²) in [6.45, 7) is 0. The molecule has 0 radical (unpaired) electrons. The monoisotopic (exact) mass is 540 g/mol. The van der Waals surface area contributed by atoms with Crippen molar-refractivity contribution in [2.24, 2.45) is 4.99 Å². The molecule has 40 heavy (non-hydrogen) atoms. The van der Waals surface area contributed by atoms with Crippen LogP contribution in [0.3, 0.4) is 0 Å². The Hall–Kier alpha value is -4.44. The van der Waals surface area contributed by atoms with E-state index in [0.717, 1.165) is 28.0 Å². The standard InChI is InChI=1S/C36H29ClN2O/c37-30-21-22-31(40)29(23-30)24-38-36-32(25-13-5-1-6-14-25)34(27-17-9-3-10-18-27)39-35(28-19-11-4-12-20-28)33(36)26-15-7-2-8-16-26/h1-24,32,34-35,39-40H. The van der Waals surface area contributed by atoms with Crippen LogP contribution in [0.2, 0.25) is 5.02 Å². The maximum absolute atomic E-state index is 10.6. The molecule has 3 nitrogen and oxygen atoms in total. The van der Waals surface area contributed by atoms with Gasteiger partial charge in [-0.15, -0.1) is 0 Å². The van der Waals surface area contributed by atoms with E-state index in [-0.39, 0.29) is 23.8 Å². The van der Waals surface area contributed by atoms with Gasteiger partial charge in [0.1, 0.15) is 5.75 Å². The van der Waals surface area contributed by atoms with E-state index in [1.54, 1.807) is 24.4 Å². The van der Waals surface area contributed by atoms with E-state index >= 15 is 0 Å². The van der Waals surface area contributed by atoms with Crippen LogP contribution >= 0.6 is 11.6 Å². The number of aromatic hydroxyl groups is 1. The van der Waals surface area contributed by atoms with Crippen LogP contribution in [-0.4, -0.2) is 11.3 Å². The predicted molar refractivity (Wildman–Crippen MR) is 165 cm³/mol. The van der Waals surface area contributed by atoms with Gasteiger partial charge in [-0.25, -0.2) is 0 Å². The number of halogens is 1. The molecule has 0 spiro atoms. The van der Waals surface area contributed by atoms with Crippen LogP contribution in [-0.2, 0) is 0 Å². The lowest BCUT2D eigenvalue weighted by Gasteiger charge is -2.41. The van der Waals surface area contributed by atoms with Crippen LogP contribution in [0.1, 0.15) is 45.8 Å². The van der Waals surface area contributed by atoms with Gasteiger partial charge < -0.3 is 5.11 Å². The summed E-state index contributed by atoms with van der Waals surface area (Å²) in [7, 11) is 0. The van der Waals surface area contributed by atoms with Crippen molar-refractivity contribution in [3.8, 4) is 5.75 Å². The Labute approximate surface area is 240 Å². The Morgan fingerprint density at radius 1 is 0.650 bits per heavy atom. The fraction of sp³-hybridized carbons (Fsp3) is 0.0833. The Morgan fingerprint density at radius 3 is 1.82 bits per heavy atom. The molecular weight excluding hydrogens is 512 g/mol. The molecule has 0 fully saturated rings. The molecule has 0 aromatic heterocycles. The molecule has 0 aliphatic carbocycles. The molecule has 196 valence electrons. The van der Waals surface area contributed by atoms with Crippen molar-refractivity contribution < 1.29 is 5.11 Å². The van der Waals surface area contributed by atoms with Crippen LogP contribution < -0.4 is 5.32 Å². The van der Waals surface area contributed by atoms with E-state index in [1.165, 1.54) is 5.56 Å². The fourth-order valence-corrected chi connectivity index (χ4v) is 5.73. The van der Waals surface area contributed by atoms with Crippen LogP contribution in [0.5, 0.6) is 5.75 Å². The summed E-state index contributed by atoms with van der Waals surface area (Å²) >= 11 is 6.30. The van der Waals surface area contributed by atoms with E-state index in [2.05, 4.69) is 102 Å². The van der Waals surface area contributed by atoms with Gasteiger partial charge in [-0.1, -0.05) is 133 Å². The van der Waals surface area contributed by atoms with Crippen molar-refractivity contribution in [2.45, 2.75) is 18.0 Å². The molecule has 0 saturated heterocycles. The van der Waals surface area contributed by atoms with Gasteiger partial charge in [-0.3, -0.25) is 10.3 Å². The minimum atomic E-state index is -0.117. The predicted octanol–water partition coefficient (Wildman–Crippen LogP) is 8.75. The Bertz CT molecular complexity index is 1630. The van der Waals surface area contributed by atoms with Crippen molar-refractivity contribution in [1.82, 2.24) is 5.32 Å². The third-order valence-electron chi connectivity index (χ3n) is 7.41. The Balaban J connectivity index is 1.65. The molecule has 2 N–H and O–H groups in total. The number of nitrogens with zero attached hydrogens (tertiary/aromatic N) is 1. The van der Waals surface area contributed by atoms with E-state index in [1.807, 2.05) is 24.3 Å². The molecule has 3 unspecified atom stereocenters. The first kappa shape index (κ1) is 25.8. The average Bonchev–Trinajstić information content (AvgIpc) is 3.02. The minimum absolute atomic E-state index is 0.0543. The summed E-state index contributed by atoms with van der Waals surface area (Å²) in [5, 5.41) is 15.2. The number of benzene rings is 5. The maximum Gasteiger partial charge on any atom is 0.124 e. The van der Waals surface area contributed by atoms with Crippen molar-refractivity contribution in [3.05, 3.63) is 178 Å². The van der Waals surface area contributed by atoms with Gasteiger partial charge >= 0.3 is 0 Å². The van der Waals surface area contributed by atoms with Gasteiger partial charge in [0, 0.05) is 34.3 Å². The first-order valence-electron chi connectivity index (χ1n) is 13.4. The lowest BCUT2D eigenvalue weighted by atomic mass is 9.75. The zero-order valence-corrected chi connectivity index (χ0v) is 22.6. The van der Waals surface area contributed by atoms with Crippen LogP contribution in [0.15, 0.2) is 150 Å². The van der Waals surface area contributed by atoms with Crippen LogP contribution in [0.4, 0.5) is 0 Å². The quantitative estimate of drug-likeness (QED) is 0.211. The highest BCUT2D eigenvalue weighted by atomic mass is 35.5. The normalized spacial score (nSPS) is 19.2. The summed E-state index contributed by atoms with van der Waals surface area (Å²) in [4.78, 5) is 5.22. The maximum atomic E-state index is 10.6. The number of hydrogen-bond donors (Lipinski definition) is 2. The summed E-state index contributed by atoms with van der Waals surface area (Å²) in [5.74, 6) is 0.0378. The lowest BCUT2D eigenvalue weighted by Crippen LogP contribution is -2.37. The molecule has 3 atom stereocenters. The highest BCUT2D eigenvalue weighted by Crippen LogP contribution is 2.50. The minimum Gasteiger partial charge on any atom is -0.507 e. The topological polar surface area (TPSA) is 44.6 Å². The molecule has 5 aromatic rings. The molecular formula is C36H29ClN2O. The zero-order chi connectivity index (χ0) is 27.3. The zero-order valence-electron chi connectivity index (χ0n) is 21.9. The number of rotatable bonds is 6. The van der Waals surface area contributed by atoms with E-state index < -0.39 is 0 Å². The molecule has 1 aliphatic heterocycles. The number of aliphatic imine (C=N–C) groups is 1. The second kappa shape index (κ2) is 11.7. The van der Waals surface area contributed by atoms with E-state index in [9.17, 15) is 5.11 Å². The third-order valence-corrected chi connectivity index (χ3v) is 7.64. The number of phenols is 1. The molecule has 0 bridgehead atoms. The summed E-state index contributed by atoms with van der Waals surface area (Å²) in [6.07, 6.45) is 1.74. The highest BCUT2D eigenvalue weighted by Gasteiger charge is 2.39. The SMILES string of the molecule is Oc1ccc(Cl)cc1C=NC1=C(c2ccccc2)C(c2ccccc2)NC(c2ccccc2)C1c1ccccc1. The average molecular weight is 541 g/mol. The van der Waals surface area contributed by atoms with E-state index in [0.29, 0.717) is 10.6 Å². The molecule has 0 saturated carbocycles. The second-order valence-corrected chi connectivity index (χ2v) is 10.3. The van der Waals surface area contributed by atoms with Gasteiger partial charge in [-0.2, -0.15) is 0 Å². The van der Waals surface area contributed by atoms with Crippen molar-refractivity contribution in [2.75, 3.05) is 0 Å². The van der Waals surface area contributed by atoms with Gasteiger partial charge in [0.25, 0.3) is 0 Å². The number of hydrogen-bond acceptors (Lipinski definition) is 3. The summed E-state index contributed by atoms with van der Waals surface area (Å²) < 4.78 is 0. The first-order valence-corrected chi connectivity index (χ1v) is 13.8. The molecule has 1 heterocycles. The highest BCUT2D eigenvalue weighted by molar-refractivity contribution is 6.30. The van der Waals surface area contributed by atoms with E-state index in [4.69, 9.17) is 16.6 Å². The van der Waals surface area contributed by atoms with Crippen LogP contribution in [0.25, 0.3) is 5.57 Å². The van der Waals surface area contributed by atoms with Gasteiger partial charge in [-0.05, 0) is 40.5 Å². The Morgan fingerprint density at radius 2 is 1.20 bits per heavy atom. The molecule has 0 amide bonds. The molecule has 4 heteroatoms. The summed E-state index contributed by atoms with van der Waals surface area (Å²) in [6, 6.07) is 46.9. The molecule has 6 rings (SSSR count). The van der Waals surface area contributed by atoms with Gasteiger partial charge in [0.05, 0.1) is 11.7 Å². The van der Waals surface area contributed by atoms with Gasteiger partial charge in [0.2, 0.25) is 0 Å². The van der Waals surface area contributed by atoms with Crippen molar-refractivity contribution in [1.29, 1.82) is 0 Å². The van der Waals surface area contributed by atoms with Crippen molar-refractivity contribution >= 4 is 23.4 Å². The Kier molecular flexibility index (Phi) is 7.58. The largest absolute Gasteiger partial charge is 0.507 e.